The Morgan fingerprint density at radius 2 is 1.53 bits per heavy atom. The summed E-state index contributed by atoms with van der Waals surface area (Å²) < 4.78 is 42.5. The van der Waals surface area contributed by atoms with E-state index in [-0.39, 0.29) is 23.9 Å². The van der Waals surface area contributed by atoms with Crippen molar-refractivity contribution in [1.82, 2.24) is 13.8 Å². The molecule has 0 spiro atoms. The quantitative estimate of drug-likeness (QED) is 0.479. The molecule has 1 aromatic heterocycles. The Labute approximate surface area is 200 Å². The number of nitrogens with zero attached hydrogens (tertiary/aromatic N) is 3. The molecule has 1 saturated heterocycles. The van der Waals surface area contributed by atoms with Crippen LogP contribution in [0.25, 0.3) is 5.69 Å². The fourth-order valence-electron chi connectivity index (χ4n) is 4.47. The first kappa shape index (κ1) is 24.3. The molecule has 0 saturated carbocycles. The summed E-state index contributed by atoms with van der Waals surface area (Å²) in [6, 6.07) is 15.6. The standard InChI is InChI=1S/C26H30FN3O3S/c1-19-4-6-22(7-5-19)18-34(32,33)29-14-12-28(13-15-29)17-26(31)25-16-20(2)30(21(25)3)24-10-8-23(27)9-11-24/h4-11,16H,12-15,17-18H2,1-3H3. The second-order valence-electron chi connectivity index (χ2n) is 8.94. The van der Waals surface area contributed by atoms with E-state index in [1.807, 2.05) is 60.6 Å². The highest BCUT2D eigenvalue weighted by Crippen LogP contribution is 2.22. The van der Waals surface area contributed by atoms with Crippen LogP contribution in [0.1, 0.15) is 32.9 Å². The third kappa shape index (κ3) is 5.29. The number of piperazine rings is 1. The summed E-state index contributed by atoms with van der Waals surface area (Å²) in [6.45, 7) is 7.78. The van der Waals surface area contributed by atoms with Crippen LogP contribution in [0.15, 0.2) is 54.6 Å². The van der Waals surface area contributed by atoms with Gasteiger partial charge in [-0.05, 0) is 56.7 Å². The summed E-state index contributed by atoms with van der Waals surface area (Å²) >= 11 is 0. The van der Waals surface area contributed by atoms with Crippen LogP contribution >= 0.6 is 0 Å². The molecular formula is C26H30FN3O3S. The molecule has 3 aromatic rings. The molecule has 1 aliphatic rings. The fraction of sp³-hybridized carbons (Fsp3) is 0.346. The van der Waals surface area contributed by atoms with E-state index in [4.69, 9.17) is 0 Å². The molecule has 180 valence electrons. The number of rotatable bonds is 7. The van der Waals surface area contributed by atoms with Crippen molar-refractivity contribution in [3.63, 3.8) is 0 Å². The zero-order chi connectivity index (χ0) is 24.5. The van der Waals surface area contributed by atoms with Crippen molar-refractivity contribution in [3.05, 3.63) is 88.5 Å². The number of aryl methyl sites for hydroxylation is 2. The van der Waals surface area contributed by atoms with Crippen LogP contribution < -0.4 is 0 Å². The van der Waals surface area contributed by atoms with Crippen molar-refractivity contribution < 1.29 is 17.6 Å². The number of carbonyl (C=O) groups excluding carboxylic acids is 1. The lowest BCUT2D eigenvalue weighted by Gasteiger charge is -2.33. The van der Waals surface area contributed by atoms with Gasteiger partial charge in [0.1, 0.15) is 5.82 Å². The average molecular weight is 484 g/mol. The predicted octanol–water partition coefficient (Wildman–Crippen LogP) is 3.87. The van der Waals surface area contributed by atoms with Crippen LogP contribution in [-0.4, -0.2) is 60.7 Å². The molecule has 1 aliphatic heterocycles. The number of sulfonamides is 1. The van der Waals surface area contributed by atoms with Crippen molar-refractivity contribution in [1.29, 1.82) is 0 Å². The molecule has 8 heteroatoms. The maximum atomic E-state index is 13.3. The van der Waals surface area contributed by atoms with E-state index in [1.165, 1.54) is 16.4 Å². The molecule has 0 atom stereocenters. The highest BCUT2D eigenvalue weighted by molar-refractivity contribution is 7.88. The third-order valence-electron chi connectivity index (χ3n) is 6.38. The number of Topliss-reactive ketones (excluding diaryl/α,β-unsaturated/α-hetero) is 1. The van der Waals surface area contributed by atoms with E-state index < -0.39 is 10.0 Å². The van der Waals surface area contributed by atoms with Gasteiger partial charge in [0.2, 0.25) is 10.0 Å². The molecule has 4 rings (SSSR count). The van der Waals surface area contributed by atoms with Crippen LogP contribution in [0.3, 0.4) is 0 Å². The van der Waals surface area contributed by atoms with Gasteiger partial charge in [-0.2, -0.15) is 4.31 Å². The third-order valence-corrected chi connectivity index (χ3v) is 8.23. The van der Waals surface area contributed by atoms with Gasteiger partial charge in [-0.1, -0.05) is 29.8 Å². The summed E-state index contributed by atoms with van der Waals surface area (Å²) in [5, 5.41) is 0. The molecule has 0 amide bonds. The Balaban J connectivity index is 1.38. The highest BCUT2D eigenvalue weighted by atomic mass is 32.2. The second kappa shape index (κ2) is 9.82. The Bertz CT molecular complexity index is 1270. The molecule has 0 bridgehead atoms. The summed E-state index contributed by atoms with van der Waals surface area (Å²) in [7, 11) is -3.40. The smallest absolute Gasteiger partial charge is 0.218 e. The van der Waals surface area contributed by atoms with Crippen molar-refractivity contribution in [2.24, 2.45) is 0 Å². The Morgan fingerprint density at radius 1 is 0.912 bits per heavy atom. The summed E-state index contributed by atoms with van der Waals surface area (Å²) in [5.41, 5.74) is 5.03. The van der Waals surface area contributed by atoms with E-state index in [0.29, 0.717) is 31.7 Å². The van der Waals surface area contributed by atoms with Gasteiger partial charge in [0.25, 0.3) is 0 Å². The van der Waals surface area contributed by atoms with Crippen molar-refractivity contribution >= 4 is 15.8 Å². The second-order valence-corrected chi connectivity index (χ2v) is 10.9. The van der Waals surface area contributed by atoms with Gasteiger partial charge < -0.3 is 4.57 Å². The fourth-order valence-corrected chi connectivity index (χ4v) is 5.99. The molecule has 2 heterocycles. The number of aromatic nitrogens is 1. The maximum absolute atomic E-state index is 13.3. The van der Waals surface area contributed by atoms with Crippen LogP contribution in [0, 0.1) is 26.6 Å². The van der Waals surface area contributed by atoms with Crippen LogP contribution in [0.4, 0.5) is 4.39 Å². The average Bonchev–Trinajstić information content (AvgIpc) is 3.10. The number of hydrogen-bond acceptors (Lipinski definition) is 4. The van der Waals surface area contributed by atoms with E-state index >= 15 is 0 Å². The summed E-state index contributed by atoms with van der Waals surface area (Å²) in [4.78, 5) is 15.1. The Kier molecular flexibility index (Phi) is 7.02. The summed E-state index contributed by atoms with van der Waals surface area (Å²) in [5.74, 6) is -0.318. The first-order valence-corrected chi connectivity index (χ1v) is 13.0. The van der Waals surface area contributed by atoms with Crippen LogP contribution in [0.2, 0.25) is 0 Å². The largest absolute Gasteiger partial charge is 0.318 e. The van der Waals surface area contributed by atoms with Gasteiger partial charge in [-0.25, -0.2) is 12.8 Å². The van der Waals surface area contributed by atoms with E-state index in [0.717, 1.165) is 28.2 Å². The van der Waals surface area contributed by atoms with Gasteiger partial charge in [0, 0.05) is 48.8 Å². The zero-order valence-corrected chi connectivity index (χ0v) is 20.6. The Hall–Kier alpha value is -2.81. The number of benzene rings is 2. The normalized spacial score (nSPS) is 15.5. The Morgan fingerprint density at radius 3 is 2.15 bits per heavy atom. The number of ketones is 1. The number of halogens is 1. The number of carbonyl (C=O) groups is 1. The molecule has 2 aromatic carbocycles. The van der Waals surface area contributed by atoms with Crippen LogP contribution in [0.5, 0.6) is 0 Å². The van der Waals surface area contributed by atoms with E-state index in [1.54, 1.807) is 12.1 Å². The number of hydrogen-bond donors (Lipinski definition) is 0. The van der Waals surface area contributed by atoms with Gasteiger partial charge in [0.05, 0.1) is 12.3 Å². The molecule has 0 radical (unpaired) electrons. The van der Waals surface area contributed by atoms with Gasteiger partial charge in [0.15, 0.2) is 5.78 Å². The predicted molar refractivity (Wildman–Crippen MR) is 131 cm³/mol. The van der Waals surface area contributed by atoms with Gasteiger partial charge in [-0.3, -0.25) is 9.69 Å². The van der Waals surface area contributed by atoms with E-state index in [9.17, 15) is 17.6 Å². The topological polar surface area (TPSA) is 62.6 Å². The molecule has 0 aliphatic carbocycles. The van der Waals surface area contributed by atoms with Crippen molar-refractivity contribution in [2.45, 2.75) is 26.5 Å². The molecule has 34 heavy (non-hydrogen) atoms. The maximum Gasteiger partial charge on any atom is 0.218 e. The van der Waals surface area contributed by atoms with Crippen molar-refractivity contribution in [2.75, 3.05) is 32.7 Å². The molecule has 0 unspecified atom stereocenters. The minimum atomic E-state index is -3.40. The lowest BCUT2D eigenvalue weighted by molar-refractivity contribution is 0.0901. The molecule has 0 N–H and O–H groups in total. The zero-order valence-electron chi connectivity index (χ0n) is 19.8. The van der Waals surface area contributed by atoms with Gasteiger partial charge >= 0.3 is 0 Å². The van der Waals surface area contributed by atoms with Crippen molar-refractivity contribution in [3.8, 4) is 5.69 Å². The SMILES string of the molecule is Cc1ccc(CS(=O)(=O)N2CCN(CC(=O)c3cc(C)n(-c4ccc(F)cc4)c3C)CC2)cc1. The highest BCUT2D eigenvalue weighted by Gasteiger charge is 2.28. The minimum absolute atomic E-state index is 0.00239. The van der Waals surface area contributed by atoms with E-state index in [2.05, 4.69) is 0 Å². The lowest BCUT2D eigenvalue weighted by atomic mass is 10.1. The molecule has 6 nitrogen and oxygen atoms in total. The monoisotopic (exact) mass is 483 g/mol. The minimum Gasteiger partial charge on any atom is -0.318 e. The van der Waals surface area contributed by atoms with Crippen LogP contribution in [-0.2, 0) is 15.8 Å². The lowest BCUT2D eigenvalue weighted by Crippen LogP contribution is -2.50. The summed E-state index contributed by atoms with van der Waals surface area (Å²) in [6.07, 6.45) is 0. The molecular weight excluding hydrogens is 453 g/mol. The van der Waals surface area contributed by atoms with Gasteiger partial charge in [-0.15, -0.1) is 0 Å². The first-order chi connectivity index (χ1) is 16.1. The molecule has 1 fully saturated rings. The first-order valence-electron chi connectivity index (χ1n) is 11.4.